The van der Waals surface area contributed by atoms with Crippen LogP contribution in [0.25, 0.3) is 10.2 Å². The summed E-state index contributed by atoms with van der Waals surface area (Å²) >= 11 is 3.08. The first-order valence-corrected chi connectivity index (χ1v) is 12.1. The molecule has 1 aromatic heterocycles. The van der Waals surface area contributed by atoms with Crippen LogP contribution >= 0.6 is 23.1 Å². The van der Waals surface area contributed by atoms with Crippen LogP contribution in [0.5, 0.6) is 17.2 Å². The lowest BCUT2D eigenvalue weighted by atomic mass is 10.3. The van der Waals surface area contributed by atoms with E-state index in [0.717, 1.165) is 20.9 Å². The Morgan fingerprint density at radius 2 is 1.78 bits per heavy atom. The maximum atomic E-state index is 12.6. The van der Waals surface area contributed by atoms with Crippen LogP contribution in [-0.2, 0) is 16.1 Å². The standard InChI is InChI=1S/C23H28N2O5S2/c1-5-30-12-11-25-18-14-19(28-3)20(29-4)15-21(18)32-23(25)24-22(26)10-13-31-17-8-6-16(27-2)7-9-17/h6-9,14-15H,5,10-13H2,1-4H3. The van der Waals surface area contributed by atoms with E-state index in [-0.39, 0.29) is 5.91 Å². The summed E-state index contributed by atoms with van der Waals surface area (Å²) in [5.41, 5.74) is 0.937. The van der Waals surface area contributed by atoms with E-state index in [1.54, 1.807) is 33.1 Å². The molecule has 0 aliphatic rings. The topological polar surface area (TPSA) is 71.3 Å². The zero-order valence-electron chi connectivity index (χ0n) is 18.8. The van der Waals surface area contributed by atoms with E-state index >= 15 is 0 Å². The van der Waals surface area contributed by atoms with E-state index in [4.69, 9.17) is 18.9 Å². The Kier molecular flexibility index (Phi) is 9.01. The van der Waals surface area contributed by atoms with Crippen LogP contribution in [-0.4, -0.2) is 50.8 Å². The van der Waals surface area contributed by atoms with Gasteiger partial charge in [0.2, 0.25) is 5.91 Å². The SMILES string of the molecule is CCOCCn1c(=NC(=O)CCSc2ccc(OC)cc2)sc2cc(OC)c(OC)cc21. The van der Waals surface area contributed by atoms with Gasteiger partial charge >= 0.3 is 0 Å². The summed E-state index contributed by atoms with van der Waals surface area (Å²) in [4.78, 5) is 18.8. The molecule has 0 radical (unpaired) electrons. The smallest absolute Gasteiger partial charge is 0.249 e. The molecular formula is C23H28N2O5S2. The van der Waals surface area contributed by atoms with E-state index in [2.05, 4.69) is 4.99 Å². The molecule has 0 atom stereocenters. The minimum Gasteiger partial charge on any atom is -0.497 e. The van der Waals surface area contributed by atoms with Crippen molar-refractivity contribution < 1.29 is 23.7 Å². The lowest BCUT2D eigenvalue weighted by molar-refractivity contribution is -0.117. The summed E-state index contributed by atoms with van der Waals surface area (Å²) in [5.74, 6) is 2.60. The Morgan fingerprint density at radius 1 is 1.06 bits per heavy atom. The van der Waals surface area contributed by atoms with Crippen molar-refractivity contribution in [3.8, 4) is 17.2 Å². The molecule has 0 saturated carbocycles. The summed E-state index contributed by atoms with van der Waals surface area (Å²) in [7, 11) is 4.86. The number of amides is 1. The third kappa shape index (κ3) is 6.05. The third-order valence-corrected chi connectivity index (χ3v) is 6.77. The van der Waals surface area contributed by atoms with E-state index in [1.807, 2.05) is 47.9 Å². The summed E-state index contributed by atoms with van der Waals surface area (Å²) in [6, 6.07) is 11.6. The molecule has 3 rings (SSSR count). The number of benzene rings is 2. The number of hydrogen-bond acceptors (Lipinski definition) is 7. The van der Waals surface area contributed by atoms with Gasteiger partial charge in [0, 0.05) is 42.4 Å². The molecular weight excluding hydrogens is 448 g/mol. The summed E-state index contributed by atoms with van der Waals surface area (Å²) in [6.07, 6.45) is 0.350. The van der Waals surface area contributed by atoms with E-state index in [9.17, 15) is 4.79 Å². The summed E-state index contributed by atoms with van der Waals surface area (Å²) in [6.45, 7) is 3.72. The van der Waals surface area contributed by atoms with Gasteiger partial charge in [-0.15, -0.1) is 11.8 Å². The molecule has 1 amide bonds. The number of thioether (sulfide) groups is 1. The molecule has 9 heteroatoms. The van der Waals surface area contributed by atoms with Crippen molar-refractivity contribution in [1.29, 1.82) is 0 Å². The molecule has 1 heterocycles. The van der Waals surface area contributed by atoms with Crippen LogP contribution in [0.2, 0.25) is 0 Å². The zero-order chi connectivity index (χ0) is 22.9. The van der Waals surface area contributed by atoms with Crippen molar-refractivity contribution in [3.63, 3.8) is 0 Å². The van der Waals surface area contributed by atoms with E-state index in [1.165, 1.54) is 11.3 Å². The van der Waals surface area contributed by atoms with Crippen LogP contribution in [0.15, 0.2) is 46.3 Å². The number of carbonyl (C=O) groups excluding carboxylic acids is 1. The molecule has 0 bridgehead atoms. The maximum Gasteiger partial charge on any atom is 0.249 e. The van der Waals surface area contributed by atoms with E-state index in [0.29, 0.717) is 48.2 Å². The predicted octanol–water partition coefficient (Wildman–Crippen LogP) is 4.37. The highest BCUT2D eigenvalue weighted by Crippen LogP contribution is 2.33. The fourth-order valence-electron chi connectivity index (χ4n) is 3.09. The largest absolute Gasteiger partial charge is 0.497 e. The van der Waals surface area contributed by atoms with Crippen LogP contribution in [0.4, 0.5) is 0 Å². The number of hydrogen-bond donors (Lipinski definition) is 0. The van der Waals surface area contributed by atoms with Gasteiger partial charge in [-0.05, 0) is 31.2 Å². The van der Waals surface area contributed by atoms with Gasteiger partial charge in [0.1, 0.15) is 5.75 Å². The zero-order valence-corrected chi connectivity index (χ0v) is 20.4. The Hall–Kier alpha value is -2.49. The second kappa shape index (κ2) is 11.9. The minimum atomic E-state index is -0.151. The fraction of sp³-hybridized carbons (Fsp3) is 0.391. The number of ether oxygens (including phenoxy) is 4. The van der Waals surface area contributed by atoms with Crippen molar-refractivity contribution in [3.05, 3.63) is 41.2 Å². The number of carbonyl (C=O) groups is 1. The van der Waals surface area contributed by atoms with Crippen LogP contribution in [0.1, 0.15) is 13.3 Å². The normalized spacial score (nSPS) is 11.7. The molecule has 0 saturated heterocycles. The first-order chi connectivity index (χ1) is 15.6. The number of methoxy groups -OCH3 is 3. The lowest BCUT2D eigenvalue weighted by Crippen LogP contribution is -2.19. The van der Waals surface area contributed by atoms with Gasteiger partial charge in [-0.1, -0.05) is 11.3 Å². The molecule has 172 valence electrons. The fourth-order valence-corrected chi connectivity index (χ4v) is 5.01. The van der Waals surface area contributed by atoms with E-state index < -0.39 is 0 Å². The average molecular weight is 477 g/mol. The lowest BCUT2D eigenvalue weighted by Gasteiger charge is -2.09. The molecule has 0 aliphatic heterocycles. The average Bonchev–Trinajstić information content (AvgIpc) is 3.14. The number of nitrogens with zero attached hydrogens (tertiary/aromatic N) is 2. The van der Waals surface area contributed by atoms with Gasteiger partial charge in [0.05, 0.1) is 38.2 Å². The van der Waals surface area contributed by atoms with Gasteiger partial charge in [-0.2, -0.15) is 4.99 Å². The molecule has 32 heavy (non-hydrogen) atoms. The molecule has 0 spiro atoms. The predicted molar refractivity (Wildman–Crippen MR) is 128 cm³/mol. The molecule has 2 aromatic carbocycles. The highest BCUT2D eigenvalue weighted by Gasteiger charge is 2.13. The van der Waals surface area contributed by atoms with Crippen molar-refractivity contribution in [2.75, 3.05) is 40.3 Å². The highest BCUT2D eigenvalue weighted by atomic mass is 32.2. The van der Waals surface area contributed by atoms with Gasteiger partial charge in [0.15, 0.2) is 16.3 Å². The molecule has 7 nitrogen and oxygen atoms in total. The second-order valence-corrected chi connectivity index (χ2v) is 8.87. The first kappa shape index (κ1) is 24.2. The third-order valence-electron chi connectivity index (χ3n) is 4.72. The molecule has 3 aromatic rings. The van der Waals surface area contributed by atoms with Crippen molar-refractivity contribution >= 4 is 39.2 Å². The molecule has 0 aliphatic carbocycles. The van der Waals surface area contributed by atoms with Crippen molar-refractivity contribution in [2.45, 2.75) is 24.8 Å². The monoisotopic (exact) mass is 476 g/mol. The first-order valence-electron chi connectivity index (χ1n) is 10.3. The summed E-state index contributed by atoms with van der Waals surface area (Å²) in [5, 5.41) is 0. The molecule has 0 N–H and O–H groups in total. The molecule has 0 fully saturated rings. The Bertz CT molecular complexity index is 1110. The maximum absolute atomic E-state index is 12.6. The van der Waals surface area contributed by atoms with Crippen LogP contribution < -0.4 is 19.0 Å². The van der Waals surface area contributed by atoms with Gasteiger partial charge in [-0.3, -0.25) is 4.79 Å². The van der Waals surface area contributed by atoms with Gasteiger partial charge in [-0.25, -0.2) is 0 Å². The number of rotatable bonds is 11. The Balaban J connectivity index is 1.80. The number of thiazole rings is 1. The quantitative estimate of drug-likeness (QED) is 0.302. The van der Waals surface area contributed by atoms with Gasteiger partial charge in [0.25, 0.3) is 0 Å². The van der Waals surface area contributed by atoms with Crippen LogP contribution in [0.3, 0.4) is 0 Å². The number of aromatic nitrogens is 1. The van der Waals surface area contributed by atoms with Crippen LogP contribution in [0, 0.1) is 0 Å². The minimum absolute atomic E-state index is 0.151. The highest BCUT2D eigenvalue weighted by molar-refractivity contribution is 7.99. The van der Waals surface area contributed by atoms with Crippen molar-refractivity contribution in [1.82, 2.24) is 4.57 Å². The Morgan fingerprint density at radius 3 is 2.44 bits per heavy atom. The number of fused-ring (bicyclic) bond motifs is 1. The second-order valence-electron chi connectivity index (χ2n) is 6.69. The molecule has 0 unspecified atom stereocenters. The Labute approximate surface area is 196 Å². The summed E-state index contributed by atoms with van der Waals surface area (Å²) < 4.78 is 24.6. The van der Waals surface area contributed by atoms with Crippen molar-refractivity contribution in [2.24, 2.45) is 4.99 Å². The van der Waals surface area contributed by atoms with Gasteiger partial charge < -0.3 is 23.5 Å².